The quantitative estimate of drug-likeness (QED) is 0.595. The van der Waals surface area contributed by atoms with E-state index in [1.807, 2.05) is 0 Å². The smallest absolute Gasteiger partial charge is 0.252 e. The van der Waals surface area contributed by atoms with Crippen LogP contribution in [0.2, 0.25) is 0 Å². The topological polar surface area (TPSA) is 68.0 Å². The van der Waals surface area contributed by atoms with Crippen molar-refractivity contribution in [2.75, 3.05) is 6.54 Å². The van der Waals surface area contributed by atoms with Crippen LogP contribution in [0.1, 0.15) is 29.6 Å². The number of thiocarbonyl (C=S) groups is 1. The SMILES string of the molecule is NC(=S)CCCCNC(=O)c1cncc(F)c1. The molecular weight excluding hydrogens is 241 g/mol. The van der Waals surface area contributed by atoms with E-state index in [-0.39, 0.29) is 11.5 Å². The molecule has 17 heavy (non-hydrogen) atoms. The third kappa shape index (κ3) is 5.35. The highest BCUT2D eigenvalue weighted by atomic mass is 32.1. The summed E-state index contributed by atoms with van der Waals surface area (Å²) in [7, 11) is 0. The van der Waals surface area contributed by atoms with Gasteiger partial charge >= 0.3 is 0 Å². The minimum Gasteiger partial charge on any atom is -0.393 e. The van der Waals surface area contributed by atoms with Crippen LogP contribution in [0.25, 0.3) is 0 Å². The van der Waals surface area contributed by atoms with Crippen molar-refractivity contribution in [1.29, 1.82) is 0 Å². The predicted octanol–water partition coefficient (Wildman–Crippen LogP) is 1.41. The largest absolute Gasteiger partial charge is 0.393 e. The Bertz CT molecular complexity index is 411. The Kier molecular flexibility index (Phi) is 5.48. The van der Waals surface area contributed by atoms with E-state index in [2.05, 4.69) is 10.3 Å². The van der Waals surface area contributed by atoms with Crippen LogP contribution in [-0.2, 0) is 0 Å². The zero-order valence-electron chi connectivity index (χ0n) is 9.28. The number of nitrogens with zero attached hydrogens (tertiary/aromatic N) is 1. The number of amides is 1. The monoisotopic (exact) mass is 255 g/mol. The Morgan fingerprint density at radius 2 is 2.24 bits per heavy atom. The molecule has 1 aromatic rings. The Labute approximate surface area is 104 Å². The van der Waals surface area contributed by atoms with Crippen molar-refractivity contribution in [2.24, 2.45) is 5.73 Å². The number of halogens is 1. The van der Waals surface area contributed by atoms with Gasteiger partial charge in [-0.1, -0.05) is 12.2 Å². The van der Waals surface area contributed by atoms with Gasteiger partial charge in [-0.25, -0.2) is 4.39 Å². The standard InChI is InChI=1S/C11H14FN3OS/c12-9-5-8(6-14-7-9)11(16)15-4-2-1-3-10(13)17/h5-7H,1-4H2,(H2,13,17)(H,15,16). The first-order chi connectivity index (χ1) is 8.09. The summed E-state index contributed by atoms with van der Waals surface area (Å²) in [6, 6.07) is 1.15. The van der Waals surface area contributed by atoms with Crippen LogP contribution in [0, 0.1) is 5.82 Å². The molecule has 1 heterocycles. The van der Waals surface area contributed by atoms with Crippen LogP contribution in [0.4, 0.5) is 4.39 Å². The van der Waals surface area contributed by atoms with Crippen LogP contribution in [0.5, 0.6) is 0 Å². The first kappa shape index (κ1) is 13.5. The Morgan fingerprint density at radius 1 is 1.47 bits per heavy atom. The molecule has 0 aliphatic rings. The van der Waals surface area contributed by atoms with Gasteiger partial charge in [0.05, 0.1) is 16.7 Å². The second-order valence-corrected chi connectivity index (χ2v) is 4.10. The molecule has 92 valence electrons. The molecule has 0 unspecified atom stereocenters. The van der Waals surface area contributed by atoms with E-state index in [9.17, 15) is 9.18 Å². The van der Waals surface area contributed by atoms with Gasteiger partial charge < -0.3 is 11.1 Å². The van der Waals surface area contributed by atoms with Gasteiger partial charge in [0.2, 0.25) is 0 Å². The molecule has 1 amide bonds. The minimum atomic E-state index is -0.522. The van der Waals surface area contributed by atoms with Crippen molar-refractivity contribution < 1.29 is 9.18 Å². The summed E-state index contributed by atoms with van der Waals surface area (Å²) in [4.78, 5) is 15.6. The van der Waals surface area contributed by atoms with Gasteiger partial charge in [0.25, 0.3) is 5.91 Å². The number of aromatic nitrogens is 1. The highest BCUT2D eigenvalue weighted by Gasteiger charge is 2.05. The molecule has 0 saturated heterocycles. The second-order valence-electron chi connectivity index (χ2n) is 3.57. The highest BCUT2D eigenvalue weighted by molar-refractivity contribution is 7.80. The van der Waals surface area contributed by atoms with Gasteiger partial charge in [-0.2, -0.15) is 0 Å². The molecule has 1 rings (SSSR count). The third-order valence-electron chi connectivity index (χ3n) is 2.10. The average molecular weight is 255 g/mol. The fourth-order valence-corrected chi connectivity index (χ4v) is 1.41. The van der Waals surface area contributed by atoms with Gasteiger partial charge in [0.1, 0.15) is 5.82 Å². The first-order valence-corrected chi connectivity index (χ1v) is 5.67. The lowest BCUT2D eigenvalue weighted by molar-refractivity contribution is 0.0952. The van der Waals surface area contributed by atoms with Gasteiger partial charge in [-0.15, -0.1) is 0 Å². The fraction of sp³-hybridized carbons (Fsp3) is 0.364. The van der Waals surface area contributed by atoms with Crippen molar-refractivity contribution >= 4 is 23.1 Å². The van der Waals surface area contributed by atoms with E-state index < -0.39 is 5.82 Å². The van der Waals surface area contributed by atoms with Crippen LogP contribution >= 0.6 is 12.2 Å². The number of hydrogen-bond donors (Lipinski definition) is 2. The molecule has 0 saturated carbocycles. The molecule has 0 fully saturated rings. The van der Waals surface area contributed by atoms with Crippen LogP contribution in [0.3, 0.4) is 0 Å². The Morgan fingerprint density at radius 3 is 2.88 bits per heavy atom. The van der Waals surface area contributed by atoms with Crippen molar-refractivity contribution in [1.82, 2.24) is 10.3 Å². The maximum absolute atomic E-state index is 12.8. The average Bonchev–Trinajstić information content (AvgIpc) is 2.28. The molecule has 1 aromatic heterocycles. The molecule has 0 spiro atoms. The van der Waals surface area contributed by atoms with Crippen molar-refractivity contribution in [3.05, 3.63) is 29.8 Å². The third-order valence-corrected chi connectivity index (χ3v) is 2.31. The molecule has 0 aliphatic carbocycles. The normalized spacial score (nSPS) is 9.94. The number of carbonyl (C=O) groups excluding carboxylic acids is 1. The molecule has 6 heteroatoms. The molecule has 0 atom stereocenters. The van der Waals surface area contributed by atoms with Crippen LogP contribution in [-0.4, -0.2) is 22.4 Å². The lowest BCUT2D eigenvalue weighted by Crippen LogP contribution is -2.24. The number of pyridine rings is 1. The molecule has 4 nitrogen and oxygen atoms in total. The number of hydrogen-bond acceptors (Lipinski definition) is 3. The molecular formula is C11H14FN3OS. The molecule has 3 N–H and O–H groups in total. The highest BCUT2D eigenvalue weighted by Crippen LogP contribution is 2.01. The summed E-state index contributed by atoms with van der Waals surface area (Å²) in [5.41, 5.74) is 5.56. The van der Waals surface area contributed by atoms with E-state index in [0.717, 1.165) is 25.1 Å². The van der Waals surface area contributed by atoms with Crippen LogP contribution < -0.4 is 11.1 Å². The van der Waals surface area contributed by atoms with E-state index in [4.69, 9.17) is 18.0 Å². The maximum Gasteiger partial charge on any atom is 0.252 e. The van der Waals surface area contributed by atoms with Crippen molar-refractivity contribution in [2.45, 2.75) is 19.3 Å². The summed E-state index contributed by atoms with van der Waals surface area (Å²) in [6.45, 7) is 0.512. The zero-order valence-corrected chi connectivity index (χ0v) is 10.1. The summed E-state index contributed by atoms with van der Waals surface area (Å²) >= 11 is 4.73. The zero-order chi connectivity index (χ0) is 12.7. The minimum absolute atomic E-state index is 0.222. The van der Waals surface area contributed by atoms with Crippen molar-refractivity contribution in [3.63, 3.8) is 0 Å². The lowest BCUT2D eigenvalue weighted by Gasteiger charge is -2.04. The van der Waals surface area contributed by atoms with Crippen LogP contribution in [0.15, 0.2) is 18.5 Å². The van der Waals surface area contributed by atoms with Gasteiger partial charge in [0, 0.05) is 12.7 Å². The second kappa shape index (κ2) is 6.90. The summed E-state index contributed by atoms with van der Waals surface area (Å²) in [5, 5.41) is 2.67. The van der Waals surface area contributed by atoms with E-state index in [1.54, 1.807) is 0 Å². The number of nitrogens with one attached hydrogen (secondary N) is 1. The number of nitrogens with two attached hydrogens (primary N) is 1. The number of rotatable bonds is 6. The summed E-state index contributed by atoms with van der Waals surface area (Å²) in [6.07, 6.45) is 4.67. The Hall–Kier alpha value is -1.56. The summed E-state index contributed by atoms with van der Waals surface area (Å²) in [5.74, 6) is -0.849. The van der Waals surface area contributed by atoms with Gasteiger partial charge in [-0.05, 0) is 25.3 Å². The van der Waals surface area contributed by atoms with Gasteiger partial charge in [-0.3, -0.25) is 9.78 Å². The van der Waals surface area contributed by atoms with Gasteiger partial charge in [0.15, 0.2) is 0 Å². The molecule has 0 aliphatic heterocycles. The fourth-order valence-electron chi connectivity index (χ4n) is 1.26. The first-order valence-electron chi connectivity index (χ1n) is 5.26. The Balaban J connectivity index is 2.28. The van der Waals surface area contributed by atoms with E-state index in [1.165, 1.54) is 6.20 Å². The molecule has 0 radical (unpaired) electrons. The molecule has 0 aromatic carbocycles. The lowest BCUT2D eigenvalue weighted by atomic mass is 10.2. The van der Waals surface area contributed by atoms with E-state index >= 15 is 0 Å². The number of unbranched alkanes of at least 4 members (excludes halogenated alkanes) is 1. The maximum atomic E-state index is 12.8. The number of carbonyl (C=O) groups is 1. The van der Waals surface area contributed by atoms with Crippen molar-refractivity contribution in [3.8, 4) is 0 Å². The summed E-state index contributed by atoms with van der Waals surface area (Å²) < 4.78 is 12.8. The van der Waals surface area contributed by atoms with E-state index in [0.29, 0.717) is 18.0 Å². The predicted molar refractivity (Wildman–Crippen MR) is 67.2 cm³/mol. The molecule has 0 bridgehead atoms.